The molecule has 4 nitrogen and oxygen atoms in total. The van der Waals surface area contributed by atoms with Crippen molar-refractivity contribution in [1.82, 2.24) is 4.31 Å². The van der Waals surface area contributed by atoms with Gasteiger partial charge in [0.05, 0.1) is 4.90 Å². The van der Waals surface area contributed by atoms with Gasteiger partial charge in [0.15, 0.2) is 0 Å². The van der Waals surface area contributed by atoms with Crippen LogP contribution in [0.3, 0.4) is 0 Å². The Morgan fingerprint density at radius 1 is 1.29 bits per heavy atom. The molecule has 1 aliphatic heterocycles. The molecular formula is C9H12N2O2S. The van der Waals surface area contributed by atoms with Crippen molar-refractivity contribution in [2.75, 3.05) is 18.8 Å². The minimum Gasteiger partial charge on any atom is -0.399 e. The fourth-order valence-corrected chi connectivity index (χ4v) is 2.92. The van der Waals surface area contributed by atoms with E-state index in [1.54, 1.807) is 18.2 Å². The largest absolute Gasteiger partial charge is 0.399 e. The molecule has 1 fully saturated rings. The van der Waals surface area contributed by atoms with Crippen LogP contribution in [0.5, 0.6) is 0 Å². The number of nitrogens with two attached hydrogens (primary N) is 1. The second-order valence-electron chi connectivity index (χ2n) is 3.33. The highest BCUT2D eigenvalue weighted by atomic mass is 32.2. The number of rotatable bonds is 2. The predicted molar refractivity (Wildman–Crippen MR) is 54.2 cm³/mol. The van der Waals surface area contributed by atoms with Crippen molar-refractivity contribution >= 4 is 15.7 Å². The summed E-state index contributed by atoms with van der Waals surface area (Å²) in [6.07, 6.45) is 0.946. The van der Waals surface area contributed by atoms with E-state index in [4.69, 9.17) is 5.73 Å². The first-order valence-corrected chi connectivity index (χ1v) is 5.90. The van der Waals surface area contributed by atoms with E-state index in [2.05, 4.69) is 0 Å². The van der Waals surface area contributed by atoms with E-state index in [0.717, 1.165) is 6.42 Å². The van der Waals surface area contributed by atoms with Gasteiger partial charge in [-0.05, 0) is 24.6 Å². The summed E-state index contributed by atoms with van der Waals surface area (Å²) in [5.74, 6) is 0. The monoisotopic (exact) mass is 212 g/mol. The second-order valence-corrected chi connectivity index (χ2v) is 5.27. The highest BCUT2D eigenvalue weighted by Crippen LogP contribution is 2.22. The molecule has 1 aliphatic rings. The van der Waals surface area contributed by atoms with Crippen LogP contribution in [-0.2, 0) is 10.0 Å². The first-order valence-electron chi connectivity index (χ1n) is 4.46. The molecular weight excluding hydrogens is 200 g/mol. The Morgan fingerprint density at radius 2 is 2.00 bits per heavy atom. The van der Waals surface area contributed by atoms with Gasteiger partial charge in [-0.25, -0.2) is 8.42 Å². The molecule has 2 N–H and O–H groups in total. The lowest BCUT2D eigenvalue weighted by Crippen LogP contribution is -2.41. The first-order chi connectivity index (χ1) is 6.60. The molecule has 0 saturated carbocycles. The quantitative estimate of drug-likeness (QED) is 0.733. The van der Waals surface area contributed by atoms with Gasteiger partial charge in [0.25, 0.3) is 0 Å². The number of hydrogen-bond donors (Lipinski definition) is 1. The zero-order valence-electron chi connectivity index (χ0n) is 7.68. The Balaban J connectivity index is 2.38. The number of nitrogen functional groups attached to an aromatic ring is 1. The van der Waals surface area contributed by atoms with Gasteiger partial charge in [0.1, 0.15) is 0 Å². The molecule has 1 aromatic carbocycles. The van der Waals surface area contributed by atoms with Crippen LogP contribution in [-0.4, -0.2) is 25.8 Å². The Morgan fingerprint density at radius 3 is 2.50 bits per heavy atom. The lowest BCUT2D eigenvalue weighted by Gasteiger charge is -2.29. The smallest absolute Gasteiger partial charge is 0.243 e. The highest BCUT2D eigenvalue weighted by molar-refractivity contribution is 7.89. The van der Waals surface area contributed by atoms with Crippen LogP contribution in [0.25, 0.3) is 0 Å². The Hall–Kier alpha value is -1.07. The summed E-state index contributed by atoms with van der Waals surface area (Å²) in [7, 11) is -3.27. The fraction of sp³-hybridized carbons (Fsp3) is 0.333. The molecule has 0 amide bonds. The van der Waals surface area contributed by atoms with Gasteiger partial charge in [0.2, 0.25) is 10.0 Å². The number of sulfonamides is 1. The van der Waals surface area contributed by atoms with E-state index >= 15 is 0 Å². The van der Waals surface area contributed by atoms with Gasteiger partial charge >= 0.3 is 0 Å². The Bertz CT molecular complexity index is 438. The third-order valence-corrected chi connectivity index (χ3v) is 4.21. The summed E-state index contributed by atoms with van der Waals surface area (Å²) in [6, 6.07) is 6.40. The van der Waals surface area contributed by atoms with Crippen molar-refractivity contribution < 1.29 is 8.42 Å². The van der Waals surface area contributed by atoms with E-state index in [0.29, 0.717) is 18.8 Å². The summed E-state index contributed by atoms with van der Waals surface area (Å²) in [6.45, 7) is 1.24. The lowest BCUT2D eigenvalue weighted by atomic mass is 10.3. The van der Waals surface area contributed by atoms with E-state index < -0.39 is 10.0 Å². The van der Waals surface area contributed by atoms with Crippen LogP contribution in [0.15, 0.2) is 29.2 Å². The normalized spacial score (nSPS) is 17.7. The molecule has 0 atom stereocenters. The maximum atomic E-state index is 11.8. The molecule has 0 aliphatic carbocycles. The topological polar surface area (TPSA) is 63.4 Å². The van der Waals surface area contributed by atoms with Crippen LogP contribution in [0.1, 0.15) is 6.42 Å². The standard InChI is InChI=1S/C9H12N2O2S/c10-8-3-1-4-9(7-8)14(12,13)11-5-2-6-11/h1,3-4,7H,2,5-6,10H2. The summed E-state index contributed by atoms with van der Waals surface area (Å²) in [4.78, 5) is 0.289. The summed E-state index contributed by atoms with van der Waals surface area (Å²) < 4.78 is 25.1. The van der Waals surface area contributed by atoms with Crippen molar-refractivity contribution in [3.05, 3.63) is 24.3 Å². The van der Waals surface area contributed by atoms with Gasteiger partial charge in [-0.2, -0.15) is 4.31 Å². The summed E-state index contributed by atoms with van der Waals surface area (Å²) >= 11 is 0. The predicted octanol–water partition coefficient (Wildman–Crippen LogP) is 0.663. The molecule has 0 spiro atoms. The molecule has 1 heterocycles. The average molecular weight is 212 g/mol. The molecule has 1 aromatic rings. The van der Waals surface area contributed by atoms with Gasteiger partial charge in [-0.15, -0.1) is 0 Å². The molecule has 2 rings (SSSR count). The number of benzene rings is 1. The molecule has 0 aromatic heterocycles. The molecule has 14 heavy (non-hydrogen) atoms. The van der Waals surface area contributed by atoms with Crippen molar-refractivity contribution in [2.45, 2.75) is 11.3 Å². The SMILES string of the molecule is Nc1cccc(S(=O)(=O)N2CCC2)c1. The van der Waals surface area contributed by atoms with Gasteiger partial charge in [-0.3, -0.25) is 0 Å². The zero-order chi connectivity index (χ0) is 10.2. The Kier molecular flexibility index (Phi) is 2.20. The zero-order valence-corrected chi connectivity index (χ0v) is 8.50. The number of anilines is 1. The maximum Gasteiger partial charge on any atom is 0.243 e. The Labute approximate surface area is 83.4 Å². The van der Waals surface area contributed by atoms with Crippen LogP contribution in [0, 0.1) is 0 Å². The summed E-state index contributed by atoms with van der Waals surface area (Å²) in [5.41, 5.74) is 6.01. The van der Waals surface area contributed by atoms with Crippen molar-refractivity contribution in [3.63, 3.8) is 0 Å². The second kappa shape index (κ2) is 3.25. The number of hydrogen-bond acceptors (Lipinski definition) is 3. The van der Waals surface area contributed by atoms with Crippen LogP contribution in [0.4, 0.5) is 5.69 Å². The van der Waals surface area contributed by atoms with Crippen LogP contribution in [0.2, 0.25) is 0 Å². The molecule has 0 bridgehead atoms. The van der Waals surface area contributed by atoms with Gasteiger partial charge in [-0.1, -0.05) is 6.07 Å². The van der Waals surface area contributed by atoms with Crippen LogP contribution < -0.4 is 5.73 Å². The summed E-state index contributed by atoms with van der Waals surface area (Å²) in [5, 5.41) is 0. The van der Waals surface area contributed by atoms with Crippen molar-refractivity contribution in [3.8, 4) is 0 Å². The first kappa shape index (κ1) is 9.48. The molecule has 0 radical (unpaired) electrons. The van der Waals surface area contributed by atoms with E-state index in [1.807, 2.05) is 0 Å². The van der Waals surface area contributed by atoms with E-state index in [1.165, 1.54) is 10.4 Å². The molecule has 5 heteroatoms. The lowest BCUT2D eigenvalue weighted by molar-refractivity contribution is 0.309. The van der Waals surface area contributed by atoms with Crippen molar-refractivity contribution in [2.24, 2.45) is 0 Å². The minimum atomic E-state index is -3.27. The molecule has 0 unspecified atom stereocenters. The number of nitrogens with zero attached hydrogens (tertiary/aromatic N) is 1. The van der Waals surface area contributed by atoms with E-state index in [-0.39, 0.29) is 4.90 Å². The van der Waals surface area contributed by atoms with Crippen molar-refractivity contribution in [1.29, 1.82) is 0 Å². The fourth-order valence-electron chi connectivity index (χ4n) is 1.35. The third-order valence-electron chi connectivity index (χ3n) is 2.31. The minimum absolute atomic E-state index is 0.289. The highest BCUT2D eigenvalue weighted by Gasteiger charge is 2.29. The van der Waals surface area contributed by atoms with Gasteiger partial charge < -0.3 is 5.73 Å². The maximum absolute atomic E-state index is 11.8. The molecule has 76 valence electrons. The average Bonchev–Trinajstić information content (AvgIpc) is 2.00. The van der Waals surface area contributed by atoms with Gasteiger partial charge in [0, 0.05) is 18.8 Å². The molecule has 1 saturated heterocycles. The van der Waals surface area contributed by atoms with Crippen LogP contribution >= 0.6 is 0 Å². The van der Waals surface area contributed by atoms with E-state index in [9.17, 15) is 8.42 Å². The third kappa shape index (κ3) is 1.49.